The van der Waals surface area contributed by atoms with Crippen LogP contribution in [0.15, 0.2) is 53.6 Å². The van der Waals surface area contributed by atoms with Gasteiger partial charge in [-0.05, 0) is 30.3 Å². The number of phenols is 1. The highest BCUT2D eigenvalue weighted by molar-refractivity contribution is 6.31. The van der Waals surface area contributed by atoms with Crippen LogP contribution in [0.1, 0.15) is 0 Å². The second-order valence-electron chi connectivity index (χ2n) is 4.96. The van der Waals surface area contributed by atoms with Crippen LogP contribution in [0.2, 0.25) is 0 Å². The molecule has 24 heavy (non-hydrogen) atoms. The van der Waals surface area contributed by atoms with E-state index in [1.165, 1.54) is 41.2 Å². The molecule has 0 aliphatic carbocycles. The summed E-state index contributed by atoms with van der Waals surface area (Å²) >= 11 is 5.07. The van der Waals surface area contributed by atoms with Crippen molar-refractivity contribution in [3.05, 3.63) is 59.1 Å². The molecule has 0 bridgehead atoms. The molecule has 3 aromatic rings. The van der Waals surface area contributed by atoms with Gasteiger partial charge in [-0.1, -0.05) is 17.7 Å². The highest BCUT2D eigenvalue weighted by atomic mass is 35.5. The fraction of sp³-hybridized carbons (Fsp3) is 0.0625. The third kappa shape index (κ3) is 3.07. The van der Waals surface area contributed by atoms with Crippen LogP contribution in [0.3, 0.4) is 0 Å². The molecule has 1 heterocycles. The van der Waals surface area contributed by atoms with E-state index in [0.29, 0.717) is 11.2 Å². The zero-order valence-corrected chi connectivity index (χ0v) is 12.9. The van der Waals surface area contributed by atoms with Gasteiger partial charge in [-0.3, -0.25) is 14.2 Å². The minimum absolute atomic E-state index is 0.0108. The van der Waals surface area contributed by atoms with Gasteiger partial charge in [0.15, 0.2) is 0 Å². The molecule has 2 aromatic carbocycles. The summed E-state index contributed by atoms with van der Waals surface area (Å²) in [6.45, 7) is 0. The van der Waals surface area contributed by atoms with Gasteiger partial charge in [0.05, 0.1) is 16.6 Å². The van der Waals surface area contributed by atoms with Gasteiger partial charge in [-0.15, -0.1) is 0 Å². The van der Waals surface area contributed by atoms with Crippen molar-refractivity contribution in [3.8, 4) is 11.4 Å². The number of hydrogen-bond acceptors (Lipinski definition) is 4. The summed E-state index contributed by atoms with van der Waals surface area (Å²) in [5.74, 6) is -1.01. The predicted octanol–water partition coefficient (Wildman–Crippen LogP) is 2.56. The zero-order chi connectivity index (χ0) is 17.3. The smallest absolute Gasteiger partial charge is 0.274 e. The number of nitrogens with zero attached hydrogens (tertiary/aromatic N) is 2. The molecule has 0 radical (unpaired) electrons. The molecule has 0 spiro atoms. The van der Waals surface area contributed by atoms with Crippen LogP contribution in [0.4, 0.5) is 10.1 Å². The average molecular weight is 348 g/mol. The summed E-state index contributed by atoms with van der Waals surface area (Å²) < 4.78 is 14.0. The molecule has 0 fully saturated rings. The molecule has 1 aromatic heterocycles. The van der Waals surface area contributed by atoms with E-state index < -0.39 is 17.1 Å². The van der Waals surface area contributed by atoms with Crippen molar-refractivity contribution >= 4 is 34.1 Å². The van der Waals surface area contributed by atoms with Crippen molar-refractivity contribution in [1.82, 2.24) is 9.55 Å². The van der Waals surface area contributed by atoms with Gasteiger partial charge in [0.2, 0.25) is 0 Å². The number of carbonyl (C=O) groups is 1. The van der Waals surface area contributed by atoms with Crippen LogP contribution < -0.4 is 10.9 Å². The van der Waals surface area contributed by atoms with E-state index in [1.807, 2.05) is 0 Å². The van der Waals surface area contributed by atoms with E-state index in [4.69, 9.17) is 11.6 Å². The van der Waals surface area contributed by atoms with Gasteiger partial charge in [0.1, 0.15) is 12.1 Å². The third-order valence-corrected chi connectivity index (χ3v) is 3.53. The van der Waals surface area contributed by atoms with Crippen LogP contribution in [0, 0.1) is 0 Å². The number of anilines is 1. The normalized spacial score (nSPS) is 12.1. The van der Waals surface area contributed by atoms with Crippen LogP contribution in [0.25, 0.3) is 16.6 Å². The quantitative estimate of drug-likeness (QED) is 0.713. The van der Waals surface area contributed by atoms with E-state index in [0.717, 1.165) is 0 Å². The summed E-state index contributed by atoms with van der Waals surface area (Å²) in [4.78, 5) is 28.1. The molecular formula is C16H11ClFN3O3. The van der Waals surface area contributed by atoms with Gasteiger partial charge in [0, 0.05) is 11.8 Å². The van der Waals surface area contributed by atoms with Crippen molar-refractivity contribution in [2.75, 3.05) is 5.32 Å². The lowest BCUT2D eigenvalue weighted by molar-refractivity contribution is -0.118. The van der Waals surface area contributed by atoms with Crippen molar-refractivity contribution in [2.45, 2.75) is 5.63 Å². The molecule has 1 unspecified atom stereocenters. The van der Waals surface area contributed by atoms with E-state index in [9.17, 15) is 19.1 Å². The van der Waals surface area contributed by atoms with Crippen molar-refractivity contribution in [3.63, 3.8) is 0 Å². The Balaban J connectivity index is 2.10. The summed E-state index contributed by atoms with van der Waals surface area (Å²) in [6.07, 6.45) is 1.34. The Kier molecular flexibility index (Phi) is 4.18. The third-order valence-electron chi connectivity index (χ3n) is 3.33. The highest BCUT2D eigenvalue weighted by Crippen LogP contribution is 2.18. The molecule has 8 heteroatoms. The first-order valence-corrected chi connectivity index (χ1v) is 7.29. The molecule has 1 amide bonds. The lowest BCUT2D eigenvalue weighted by Crippen LogP contribution is -2.21. The Morgan fingerprint density at radius 3 is 2.79 bits per heavy atom. The largest absolute Gasteiger partial charge is 0.508 e. The minimum Gasteiger partial charge on any atom is -0.508 e. The molecule has 3 rings (SSSR count). The fourth-order valence-corrected chi connectivity index (χ4v) is 2.28. The second kappa shape index (κ2) is 6.29. The SMILES string of the molecule is O=C(Nc1ccc2ncn(-c3cccc(O)c3)c(=O)c2c1)C(F)Cl. The van der Waals surface area contributed by atoms with Crippen LogP contribution >= 0.6 is 11.6 Å². The summed E-state index contributed by atoms with van der Waals surface area (Å²) in [5.41, 5.74) is -1.50. The summed E-state index contributed by atoms with van der Waals surface area (Å²) in [6, 6.07) is 10.5. The topological polar surface area (TPSA) is 84.2 Å². The number of rotatable bonds is 3. The van der Waals surface area contributed by atoms with Crippen molar-refractivity contribution in [2.24, 2.45) is 0 Å². The fourth-order valence-electron chi connectivity index (χ4n) is 2.22. The van der Waals surface area contributed by atoms with E-state index in [-0.39, 0.29) is 16.8 Å². The number of carbonyl (C=O) groups excluding carboxylic acids is 1. The van der Waals surface area contributed by atoms with E-state index >= 15 is 0 Å². The Bertz CT molecular complexity index is 988. The molecule has 2 N–H and O–H groups in total. The number of alkyl halides is 2. The number of aromatic hydroxyl groups is 1. The van der Waals surface area contributed by atoms with Gasteiger partial charge < -0.3 is 10.4 Å². The van der Waals surface area contributed by atoms with Gasteiger partial charge in [-0.25, -0.2) is 9.37 Å². The van der Waals surface area contributed by atoms with Crippen molar-refractivity contribution < 1.29 is 14.3 Å². The number of phenolic OH excluding ortho intramolecular Hbond substituents is 1. The first kappa shape index (κ1) is 15.9. The lowest BCUT2D eigenvalue weighted by atomic mass is 10.2. The molecule has 0 aliphatic heterocycles. The Morgan fingerprint density at radius 2 is 2.08 bits per heavy atom. The number of amides is 1. The second-order valence-corrected chi connectivity index (χ2v) is 5.34. The number of benzene rings is 2. The number of fused-ring (bicyclic) bond motifs is 1. The maximum absolute atomic E-state index is 12.7. The first-order chi connectivity index (χ1) is 11.5. The maximum atomic E-state index is 12.7. The number of hydrogen-bond donors (Lipinski definition) is 2. The van der Waals surface area contributed by atoms with Gasteiger partial charge in [-0.2, -0.15) is 0 Å². The number of halogens is 2. The van der Waals surface area contributed by atoms with Gasteiger partial charge in [0.25, 0.3) is 17.1 Å². The molecule has 0 aliphatic rings. The van der Waals surface area contributed by atoms with Crippen LogP contribution in [-0.2, 0) is 4.79 Å². The standard InChI is InChI=1S/C16H11ClFN3O3/c17-14(18)15(23)20-9-4-5-13-12(6-9)16(24)21(8-19-13)10-2-1-3-11(22)7-10/h1-8,14,22H,(H,20,23). The lowest BCUT2D eigenvalue weighted by Gasteiger charge is -2.09. The maximum Gasteiger partial charge on any atom is 0.274 e. The molecule has 0 saturated heterocycles. The van der Waals surface area contributed by atoms with Crippen LogP contribution in [0.5, 0.6) is 5.75 Å². The molecule has 0 saturated carbocycles. The first-order valence-electron chi connectivity index (χ1n) is 6.85. The Hall–Kier alpha value is -2.93. The molecule has 1 atom stereocenters. The Labute approximate surface area is 140 Å². The monoisotopic (exact) mass is 347 g/mol. The number of nitrogens with one attached hydrogen (secondary N) is 1. The zero-order valence-electron chi connectivity index (χ0n) is 12.1. The number of aromatic nitrogens is 2. The average Bonchev–Trinajstić information content (AvgIpc) is 2.55. The molecule has 122 valence electrons. The van der Waals surface area contributed by atoms with Gasteiger partial charge >= 0.3 is 0 Å². The summed E-state index contributed by atoms with van der Waals surface area (Å²) in [7, 11) is 0. The molecular weight excluding hydrogens is 337 g/mol. The van der Waals surface area contributed by atoms with Crippen LogP contribution in [-0.4, -0.2) is 26.2 Å². The van der Waals surface area contributed by atoms with Crippen molar-refractivity contribution in [1.29, 1.82) is 0 Å². The molecule has 6 nitrogen and oxygen atoms in total. The highest BCUT2D eigenvalue weighted by Gasteiger charge is 2.14. The Morgan fingerprint density at radius 1 is 1.29 bits per heavy atom. The predicted molar refractivity (Wildman–Crippen MR) is 88.4 cm³/mol. The minimum atomic E-state index is -2.18. The summed E-state index contributed by atoms with van der Waals surface area (Å²) in [5, 5.41) is 12.0. The van der Waals surface area contributed by atoms with E-state index in [2.05, 4.69) is 10.3 Å². The van der Waals surface area contributed by atoms with E-state index in [1.54, 1.807) is 12.1 Å².